The van der Waals surface area contributed by atoms with Crippen LogP contribution < -0.4 is 15.6 Å². The smallest absolute Gasteiger partial charge is 0.144 e. The lowest BCUT2D eigenvalue weighted by Crippen LogP contribution is -2.52. The molecule has 2 aromatic heterocycles. The molecule has 226 valence electrons. The molecule has 1 unspecified atom stereocenters. The Labute approximate surface area is 273 Å². The van der Waals surface area contributed by atoms with E-state index in [1.54, 1.807) is 0 Å². The zero-order chi connectivity index (χ0) is 31.6. The fourth-order valence-corrected chi connectivity index (χ4v) is 9.84. The van der Waals surface area contributed by atoms with Gasteiger partial charge in [0.25, 0.3) is 0 Å². The second-order valence-electron chi connectivity index (χ2n) is 12.7. The molecule has 0 aliphatic heterocycles. The molecule has 0 fully saturated rings. The van der Waals surface area contributed by atoms with E-state index >= 15 is 0 Å². The first-order valence-corrected chi connectivity index (χ1v) is 18.0. The molecular weight excluding hydrogens is 575 g/mol. The molecule has 4 heteroatoms. The maximum absolute atomic E-state index is 4.96. The van der Waals surface area contributed by atoms with Gasteiger partial charge in [-0.1, -0.05) is 165 Å². The number of fused-ring (bicyclic) bond motifs is 1. The van der Waals surface area contributed by atoms with Crippen molar-refractivity contribution in [3.63, 3.8) is 0 Å². The number of aromatic nitrogens is 3. The fourth-order valence-electron chi connectivity index (χ4n) is 6.78. The van der Waals surface area contributed by atoms with E-state index in [-0.39, 0.29) is 0 Å². The molecule has 46 heavy (non-hydrogen) atoms. The molecule has 0 bridgehead atoms. The second-order valence-corrected chi connectivity index (χ2v) is 15.6. The standard InChI is InChI=1S/C42H39N3Si/c1-29(2)37-21-12-22-38(30(3)4)41(37)45-26-25-44-42(45)33-15-11-19-36(28-33)46(34-16-6-5-7-17-34)35-18-10-14-32(27-35)40-39-20-9-8-13-31(39)23-24-43-40/h5-30,46H,1-4H3. The summed E-state index contributed by atoms with van der Waals surface area (Å²) in [6.45, 7) is 9.10. The highest BCUT2D eigenvalue weighted by Crippen LogP contribution is 2.34. The summed E-state index contributed by atoms with van der Waals surface area (Å²) in [6, 6.07) is 46.5. The number of hydrogen-bond acceptors (Lipinski definition) is 2. The Kier molecular flexibility index (Phi) is 8.21. The quantitative estimate of drug-likeness (QED) is 0.128. The average Bonchev–Trinajstić information content (AvgIpc) is 3.58. The van der Waals surface area contributed by atoms with Gasteiger partial charge in [0.2, 0.25) is 0 Å². The highest BCUT2D eigenvalue weighted by molar-refractivity contribution is 6.95. The van der Waals surface area contributed by atoms with E-state index in [1.807, 2.05) is 12.4 Å². The molecule has 7 aromatic rings. The molecule has 7 rings (SSSR count). The Balaban J connectivity index is 1.37. The van der Waals surface area contributed by atoms with E-state index in [4.69, 9.17) is 9.97 Å². The molecule has 3 nitrogen and oxygen atoms in total. The van der Waals surface area contributed by atoms with Gasteiger partial charge in [-0.15, -0.1) is 0 Å². The molecule has 0 aliphatic rings. The molecule has 2 heterocycles. The van der Waals surface area contributed by atoms with Gasteiger partial charge in [0.05, 0.1) is 11.4 Å². The van der Waals surface area contributed by atoms with Crippen LogP contribution in [-0.4, -0.2) is 23.3 Å². The maximum Gasteiger partial charge on any atom is 0.144 e. The fraction of sp³-hybridized carbons (Fsp3) is 0.143. The normalized spacial score (nSPS) is 12.2. The zero-order valence-corrected chi connectivity index (χ0v) is 28.1. The van der Waals surface area contributed by atoms with Gasteiger partial charge >= 0.3 is 0 Å². The van der Waals surface area contributed by atoms with Crippen LogP contribution in [0, 0.1) is 0 Å². The van der Waals surface area contributed by atoms with Crippen LogP contribution in [0.2, 0.25) is 0 Å². The summed E-state index contributed by atoms with van der Waals surface area (Å²) in [7, 11) is -1.86. The van der Waals surface area contributed by atoms with Crippen molar-refractivity contribution < 1.29 is 0 Å². The molecule has 1 atom stereocenters. The van der Waals surface area contributed by atoms with Crippen LogP contribution in [0.15, 0.2) is 146 Å². The third kappa shape index (κ3) is 5.61. The SMILES string of the molecule is CC(C)c1cccc(C(C)C)c1-n1ccnc1-c1cccc([SiH](c2ccccc2)c2cccc(-c3nccc4ccccc34)c2)c1. The molecule has 0 radical (unpaired) electrons. The first-order chi connectivity index (χ1) is 22.5. The number of para-hydroxylation sites is 1. The largest absolute Gasteiger partial charge is 0.299 e. The molecule has 5 aromatic carbocycles. The van der Waals surface area contributed by atoms with Crippen molar-refractivity contribution in [1.29, 1.82) is 0 Å². The van der Waals surface area contributed by atoms with Crippen molar-refractivity contribution in [3.8, 4) is 28.3 Å². The predicted octanol–water partition coefficient (Wildman–Crippen LogP) is 8.25. The first-order valence-electron chi connectivity index (χ1n) is 16.3. The molecule has 0 saturated carbocycles. The Bertz CT molecular complexity index is 2100. The molecule has 0 aliphatic carbocycles. The lowest BCUT2D eigenvalue weighted by atomic mass is 9.92. The molecule has 0 N–H and O–H groups in total. The van der Waals surface area contributed by atoms with E-state index < -0.39 is 8.80 Å². The van der Waals surface area contributed by atoms with Gasteiger partial charge in [-0.25, -0.2) is 4.98 Å². The number of rotatable bonds is 8. The molecule has 0 spiro atoms. The summed E-state index contributed by atoms with van der Waals surface area (Å²) >= 11 is 0. The van der Waals surface area contributed by atoms with Crippen molar-refractivity contribution in [2.45, 2.75) is 39.5 Å². The minimum atomic E-state index is -1.86. The van der Waals surface area contributed by atoms with Gasteiger partial charge in [-0.3, -0.25) is 9.55 Å². The van der Waals surface area contributed by atoms with Crippen molar-refractivity contribution in [2.24, 2.45) is 0 Å². The van der Waals surface area contributed by atoms with Crippen LogP contribution in [0.5, 0.6) is 0 Å². The molecular formula is C42H39N3Si. The highest BCUT2D eigenvalue weighted by atomic mass is 28.3. The topological polar surface area (TPSA) is 30.7 Å². The van der Waals surface area contributed by atoms with Gasteiger partial charge < -0.3 is 0 Å². The Morgan fingerprint density at radius 2 is 1.15 bits per heavy atom. The van der Waals surface area contributed by atoms with Gasteiger partial charge in [0.1, 0.15) is 14.6 Å². The van der Waals surface area contributed by atoms with E-state index in [0.29, 0.717) is 11.8 Å². The number of benzene rings is 5. The van der Waals surface area contributed by atoms with E-state index in [0.717, 1.165) is 22.6 Å². The van der Waals surface area contributed by atoms with Crippen LogP contribution in [0.4, 0.5) is 0 Å². The minimum absolute atomic E-state index is 0.397. The Hall–Kier alpha value is -5.06. The van der Waals surface area contributed by atoms with Crippen LogP contribution in [0.3, 0.4) is 0 Å². The van der Waals surface area contributed by atoms with Gasteiger partial charge in [0.15, 0.2) is 0 Å². The van der Waals surface area contributed by atoms with Crippen LogP contribution in [0.25, 0.3) is 39.1 Å². The maximum atomic E-state index is 4.96. The Morgan fingerprint density at radius 1 is 0.543 bits per heavy atom. The van der Waals surface area contributed by atoms with Gasteiger partial charge in [0, 0.05) is 35.1 Å². The average molecular weight is 614 g/mol. The Morgan fingerprint density at radius 3 is 1.87 bits per heavy atom. The molecule has 0 saturated heterocycles. The summed E-state index contributed by atoms with van der Waals surface area (Å²) in [5, 5.41) is 6.50. The monoisotopic (exact) mass is 613 g/mol. The third-order valence-corrected chi connectivity index (χ3v) is 12.1. The zero-order valence-electron chi connectivity index (χ0n) is 26.9. The van der Waals surface area contributed by atoms with Crippen LogP contribution >= 0.6 is 0 Å². The van der Waals surface area contributed by atoms with Gasteiger partial charge in [-0.05, 0) is 34.4 Å². The third-order valence-electron chi connectivity index (χ3n) is 9.00. The lowest BCUT2D eigenvalue weighted by molar-refractivity contribution is 0.807. The summed E-state index contributed by atoms with van der Waals surface area (Å²) in [5.74, 6) is 1.77. The highest BCUT2D eigenvalue weighted by Gasteiger charge is 2.23. The van der Waals surface area contributed by atoms with Crippen molar-refractivity contribution in [3.05, 3.63) is 157 Å². The number of imidazole rings is 1. The van der Waals surface area contributed by atoms with Crippen LogP contribution in [-0.2, 0) is 0 Å². The minimum Gasteiger partial charge on any atom is -0.299 e. The number of nitrogens with zero attached hydrogens (tertiary/aromatic N) is 3. The van der Waals surface area contributed by atoms with Crippen LogP contribution in [0.1, 0.15) is 50.7 Å². The van der Waals surface area contributed by atoms with E-state index in [2.05, 4.69) is 166 Å². The summed E-state index contributed by atoms with van der Waals surface area (Å²) in [6.07, 6.45) is 5.99. The van der Waals surface area contributed by atoms with Crippen molar-refractivity contribution in [1.82, 2.24) is 14.5 Å². The lowest BCUT2D eigenvalue weighted by Gasteiger charge is -2.22. The van der Waals surface area contributed by atoms with Crippen molar-refractivity contribution >= 4 is 35.1 Å². The van der Waals surface area contributed by atoms with E-state index in [9.17, 15) is 0 Å². The van der Waals surface area contributed by atoms with Crippen molar-refractivity contribution in [2.75, 3.05) is 0 Å². The van der Waals surface area contributed by atoms with E-state index in [1.165, 1.54) is 43.1 Å². The summed E-state index contributed by atoms with van der Waals surface area (Å²) in [5.41, 5.74) is 7.27. The second kappa shape index (κ2) is 12.7. The number of hydrogen-bond donors (Lipinski definition) is 0. The molecule has 0 amide bonds. The predicted molar refractivity (Wildman–Crippen MR) is 197 cm³/mol. The summed E-state index contributed by atoms with van der Waals surface area (Å²) < 4.78 is 2.32. The van der Waals surface area contributed by atoms with Gasteiger partial charge in [-0.2, -0.15) is 0 Å². The first kappa shape index (κ1) is 29.6. The number of pyridine rings is 1. The summed E-state index contributed by atoms with van der Waals surface area (Å²) in [4.78, 5) is 9.82.